The molecule has 0 saturated heterocycles. The highest BCUT2D eigenvalue weighted by atomic mass is 14.8. The van der Waals surface area contributed by atoms with E-state index in [0.29, 0.717) is 5.46 Å². The van der Waals surface area contributed by atoms with Gasteiger partial charge in [-0.25, -0.2) is 4.99 Å². The molecule has 2 radical (unpaired) electrons. The maximum Gasteiger partial charge on any atom is 0.151 e. The molecule has 1 rings (SSSR count). The molecule has 0 saturated carbocycles. The first-order valence-corrected chi connectivity index (χ1v) is 4.23. The van der Waals surface area contributed by atoms with E-state index in [0.717, 1.165) is 11.1 Å². The average molecular weight is 182 g/mol. The minimum absolute atomic E-state index is 0.216. The van der Waals surface area contributed by atoms with Crippen LogP contribution in [0, 0.1) is 5.41 Å². The molecule has 0 unspecified atom stereocenters. The third kappa shape index (κ3) is 3.01. The van der Waals surface area contributed by atoms with E-state index in [-0.39, 0.29) is 5.84 Å². The molecule has 1 aromatic rings. The van der Waals surface area contributed by atoms with Crippen LogP contribution in [0.5, 0.6) is 0 Å². The van der Waals surface area contributed by atoms with Crippen LogP contribution in [-0.4, -0.2) is 19.9 Å². The van der Waals surface area contributed by atoms with E-state index < -0.39 is 0 Å². The molecule has 1 N–H and O–H groups in total. The number of aliphatic imine (C=N–C) groups is 1. The number of nitrogens with zero attached hydrogens (tertiary/aromatic N) is 1. The summed E-state index contributed by atoms with van der Waals surface area (Å²) in [7, 11) is 5.53. The molecule has 0 atom stereocenters. The van der Waals surface area contributed by atoms with Crippen molar-refractivity contribution in [1.82, 2.24) is 0 Å². The van der Waals surface area contributed by atoms with Gasteiger partial charge in [-0.05, 0) is 12.5 Å². The standard InChI is InChI=1S/C11H11BN2/c1-8(2)7-14-11(13)9-3-5-10(12)6-4-9/h3-7,13H,1H2,2H3. The van der Waals surface area contributed by atoms with Gasteiger partial charge in [0.25, 0.3) is 0 Å². The SMILES string of the molecule is [B]c1ccc(C(=N)N=CC(=C)C)cc1. The van der Waals surface area contributed by atoms with Gasteiger partial charge in [0.1, 0.15) is 7.85 Å². The first-order valence-electron chi connectivity index (χ1n) is 4.23. The van der Waals surface area contributed by atoms with Crippen LogP contribution in [-0.2, 0) is 0 Å². The van der Waals surface area contributed by atoms with Gasteiger partial charge >= 0.3 is 0 Å². The van der Waals surface area contributed by atoms with E-state index in [1.165, 1.54) is 0 Å². The van der Waals surface area contributed by atoms with Gasteiger partial charge in [0.15, 0.2) is 5.84 Å². The zero-order valence-corrected chi connectivity index (χ0v) is 8.12. The van der Waals surface area contributed by atoms with Gasteiger partial charge < -0.3 is 0 Å². The molecule has 0 spiro atoms. The Kier molecular flexibility index (Phi) is 3.40. The summed E-state index contributed by atoms with van der Waals surface area (Å²) >= 11 is 0. The van der Waals surface area contributed by atoms with Crippen molar-refractivity contribution in [3.63, 3.8) is 0 Å². The van der Waals surface area contributed by atoms with Gasteiger partial charge in [0, 0.05) is 11.8 Å². The van der Waals surface area contributed by atoms with Crippen LogP contribution in [0.4, 0.5) is 0 Å². The first-order chi connectivity index (χ1) is 6.59. The highest BCUT2D eigenvalue weighted by Gasteiger charge is 1.96. The van der Waals surface area contributed by atoms with Crippen molar-refractivity contribution in [1.29, 1.82) is 5.41 Å². The number of benzene rings is 1. The second-order valence-electron chi connectivity index (χ2n) is 3.08. The van der Waals surface area contributed by atoms with Crippen molar-refractivity contribution >= 4 is 25.4 Å². The average Bonchev–Trinajstić information content (AvgIpc) is 2.15. The summed E-state index contributed by atoms with van der Waals surface area (Å²) in [5.41, 5.74) is 2.26. The molecule has 68 valence electrons. The van der Waals surface area contributed by atoms with E-state index in [9.17, 15) is 0 Å². The monoisotopic (exact) mass is 182 g/mol. The topological polar surface area (TPSA) is 36.2 Å². The van der Waals surface area contributed by atoms with Crippen molar-refractivity contribution in [2.75, 3.05) is 0 Å². The lowest BCUT2D eigenvalue weighted by Crippen LogP contribution is -2.03. The van der Waals surface area contributed by atoms with Crippen molar-refractivity contribution in [2.45, 2.75) is 6.92 Å². The maximum atomic E-state index is 7.61. The molecule has 14 heavy (non-hydrogen) atoms. The fourth-order valence-corrected chi connectivity index (χ4v) is 0.890. The molecule has 0 amide bonds. The molecule has 0 bridgehead atoms. The summed E-state index contributed by atoms with van der Waals surface area (Å²) in [5.74, 6) is 0.216. The van der Waals surface area contributed by atoms with E-state index >= 15 is 0 Å². The summed E-state index contributed by atoms with van der Waals surface area (Å²) in [6.45, 7) is 5.50. The Bertz CT molecular complexity index is 377. The highest BCUT2D eigenvalue weighted by Crippen LogP contribution is 1.99. The normalized spacial score (nSPS) is 10.4. The summed E-state index contributed by atoms with van der Waals surface area (Å²) in [6.07, 6.45) is 1.57. The third-order valence-electron chi connectivity index (χ3n) is 1.60. The third-order valence-corrected chi connectivity index (χ3v) is 1.60. The van der Waals surface area contributed by atoms with E-state index in [1.54, 1.807) is 30.5 Å². The van der Waals surface area contributed by atoms with Crippen molar-refractivity contribution in [3.8, 4) is 0 Å². The summed E-state index contributed by atoms with van der Waals surface area (Å²) in [4.78, 5) is 3.94. The smallest absolute Gasteiger partial charge is 0.151 e. The first kappa shape index (κ1) is 10.4. The number of allylic oxidation sites excluding steroid dienone is 1. The van der Waals surface area contributed by atoms with Gasteiger partial charge in [-0.3, -0.25) is 5.41 Å². The van der Waals surface area contributed by atoms with Gasteiger partial charge in [0.05, 0.1) is 0 Å². The number of amidine groups is 1. The predicted octanol–water partition coefficient (Wildman–Crippen LogP) is 1.45. The molecular weight excluding hydrogens is 171 g/mol. The molecule has 0 aliphatic rings. The number of hydrogen-bond acceptors (Lipinski definition) is 1. The Morgan fingerprint density at radius 2 is 2.00 bits per heavy atom. The summed E-state index contributed by atoms with van der Waals surface area (Å²) in [5, 5.41) is 7.61. The summed E-state index contributed by atoms with van der Waals surface area (Å²) < 4.78 is 0. The Hall–Kier alpha value is -1.64. The quantitative estimate of drug-likeness (QED) is 0.408. The second-order valence-corrected chi connectivity index (χ2v) is 3.08. The van der Waals surface area contributed by atoms with E-state index in [4.69, 9.17) is 13.3 Å². The molecule has 0 aromatic heterocycles. The van der Waals surface area contributed by atoms with E-state index in [2.05, 4.69) is 11.6 Å². The number of rotatable bonds is 2. The Morgan fingerprint density at radius 1 is 1.43 bits per heavy atom. The second kappa shape index (κ2) is 4.56. The Balaban J connectivity index is 2.80. The molecule has 1 aromatic carbocycles. The number of hydrogen-bond donors (Lipinski definition) is 1. The van der Waals surface area contributed by atoms with Gasteiger partial charge in [0.2, 0.25) is 0 Å². The molecule has 0 aliphatic heterocycles. The molecule has 0 aliphatic carbocycles. The minimum Gasteiger partial charge on any atom is -0.282 e. The zero-order chi connectivity index (χ0) is 10.6. The Morgan fingerprint density at radius 3 is 2.50 bits per heavy atom. The van der Waals surface area contributed by atoms with Crippen molar-refractivity contribution < 1.29 is 0 Å². The minimum atomic E-state index is 0.216. The van der Waals surface area contributed by atoms with Crippen molar-refractivity contribution in [3.05, 3.63) is 42.0 Å². The molecule has 0 heterocycles. The predicted molar refractivity (Wildman–Crippen MR) is 62.0 cm³/mol. The number of nitrogens with one attached hydrogen (secondary N) is 1. The van der Waals surface area contributed by atoms with Gasteiger partial charge in [-0.2, -0.15) is 0 Å². The van der Waals surface area contributed by atoms with Gasteiger partial charge in [-0.1, -0.05) is 36.3 Å². The molecule has 2 nitrogen and oxygen atoms in total. The molecule has 0 fully saturated rings. The summed E-state index contributed by atoms with van der Waals surface area (Å²) in [6, 6.07) is 7.04. The molecule has 3 heteroatoms. The van der Waals surface area contributed by atoms with Gasteiger partial charge in [-0.15, -0.1) is 0 Å². The van der Waals surface area contributed by atoms with E-state index in [1.807, 2.05) is 6.92 Å². The van der Waals surface area contributed by atoms with Crippen LogP contribution in [0.1, 0.15) is 12.5 Å². The fourth-order valence-electron chi connectivity index (χ4n) is 0.890. The lowest BCUT2D eigenvalue weighted by Gasteiger charge is -1.98. The highest BCUT2D eigenvalue weighted by molar-refractivity contribution is 6.32. The maximum absolute atomic E-state index is 7.61. The Labute approximate surface area is 85.3 Å². The van der Waals surface area contributed by atoms with Crippen LogP contribution in [0.2, 0.25) is 0 Å². The van der Waals surface area contributed by atoms with Crippen LogP contribution in [0.15, 0.2) is 41.4 Å². The fraction of sp³-hybridized carbons (Fsp3) is 0.0909. The largest absolute Gasteiger partial charge is 0.282 e. The molecular formula is C11H11BN2. The van der Waals surface area contributed by atoms with Crippen LogP contribution in [0.25, 0.3) is 0 Å². The zero-order valence-electron chi connectivity index (χ0n) is 8.12. The lowest BCUT2D eigenvalue weighted by atomic mass is 9.95. The van der Waals surface area contributed by atoms with Crippen LogP contribution in [0.3, 0.4) is 0 Å². The van der Waals surface area contributed by atoms with Crippen LogP contribution >= 0.6 is 0 Å². The van der Waals surface area contributed by atoms with Crippen LogP contribution < -0.4 is 5.46 Å². The van der Waals surface area contributed by atoms with Crippen molar-refractivity contribution in [2.24, 2.45) is 4.99 Å². The lowest BCUT2D eigenvalue weighted by molar-refractivity contribution is 1.42.